The Kier molecular flexibility index (Phi) is 5.91. The van der Waals surface area contributed by atoms with Crippen LogP contribution in [0.5, 0.6) is 11.5 Å². The predicted molar refractivity (Wildman–Crippen MR) is 86.5 cm³/mol. The van der Waals surface area contributed by atoms with Crippen molar-refractivity contribution in [2.45, 2.75) is 37.8 Å². The van der Waals surface area contributed by atoms with Gasteiger partial charge in [-0.25, -0.2) is 0 Å². The van der Waals surface area contributed by atoms with E-state index < -0.39 is 6.10 Å². The van der Waals surface area contributed by atoms with Gasteiger partial charge in [0.25, 0.3) is 5.91 Å². The number of hydrogen-bond acceptors (Lipinski definition) is 4. The summed E-state index contributed by atoms with van der Waals surface area (Å²) in [6, 6.07) is 7.58. The Hall–Kier alpha value is -1.46. The van der Waals surface area contributed by atoms with Crippen molar-refractivity contribution in [3.63, 3.8) is 0 Å². The van der Waals surface area contributed by atoms with Crippen molar-refractivity contribution in [2.75, 3.05) is 13.2 Å². The molecule has 0 radical (unpaired) electrons. The third kappa shape index (κ3) is 3.65. The Morgan fingerprint density at radius 1 is 1.23 bits per heavy atom. The van der Waals surface area contributed by atoms with Gasteiger partial charge in [0.1, 0.15) is 6.61 Å². The van der Waals surface area contributed by atoms with Gasteiger partial charge in [0.05, 0.1) is 0 Å². The minimum Gasteiger partial charge on any atom is -0.485 e. The van der Waals surface area contributed by atoms with Crippen molar-refractivity contribution in [1.82, 2.24) is 5.32 Å². The molecule has 3 N–H and O–H groups in total. The Labute approximate surface area is 137 Å². The fourth-order valence-corrected chi connectivity index (χ4v) is 3.10. The first-order chi connectivity index (χ1) is 10.3. The lowest BCUT2D eigenvalue weighted by Gasteiger charge is -2.33. The maximum Gasteiger partial charge on any atom is 0.264 e. The van der Waals surface area contributed by atoms with E-state index in [1.165, 1.54) is 6.42 Å². The van der Waals surface area contributed by atoms with Gasteiger partial charge in [0.2, 0.25) is 6.10 Å². The predicted octanol–water partition coefficient (Wildman–Crippen LogP) is 1.88. The number of amides is 1. The first-order valence-electron chi connectivity index (χ1n) is 7.67. The number of benzene rings is 1. The number of nitrogens with two attached hydrogens (primary N) is 1. The molecule has 1 saturated carbocycles. The van der Waals surface area contributed by atoms with Gasteiger partial charge in [-0.05, 0) is 37.4 Å². The lowest BCUT2D eigenvalue weighted by molar-refractivity contribution is -0.131. The summed E-state index contributed by atoms with van der Waals surface area (Å²) < 4.78 is 11.3. The zero-order valence-electron chi connectivity index (χ0n) is 12.5. The minimum atomic E-state index is -0.583. The van der Waals surface area contributed by atoms with Gasteiger partial charge in [0.15, 0.2) is 11.5 Å². The number of ether oxygens (including phenoxy) is 2. The number of carbonyl (C=O) groups excluding carboxylic acids is 1. The second kappa shape index (κ2) is 7.70. The number of rotatable bonds is 3. The topological polar surface area (TPSA) is 73.6 Å². The summed E-state index contributed by atoms with van der Waals surface area (Å²) in [4.78, 5) is 12.4. The molecule has 1 aliphatic heterocycles. The van der Waals surface area contributed by atoms with Crippen LogP contribution >= 0.6 is 12.4 Å². The van der Waals surface area contributed by atoms with E-state index in [9.17, 15) is 4.79 Å². The lowest BCUT2D eigenvalue weighted by Crippen LogP contribution is -2.51. The number of para-hydroxylation sites is 2. The van der Waals surface area contributed by atoms with E-state index in [1.54, 1.807) is 0 Å². The van der Waals surface area contributed by atoms with Gasteiger partial charge in [-0.3, -0.25) is 4.79 Å². The number of halogens is 1. The van der Waals surface area contributed by atoms with Crippen molar-refractivity contribution in [3.8, 4) is 11.5 Å². The molecule has 0 saturated heterocycles. The quantitative estimate of drug-likeness (QED) is 0.889. The SMILES string of the molecule is Cl.NCC1CCCCC1NC(=O)C1COc2ccccc2O1. The number of hydrogen-bond donors (Lipinski definition) is 2. The first-order valence-corrected chi connectivity index (χ1v) is 7.67. The van der Waals surface area contributed by atoms with E-state index in [0.29, 0.717) is 24.0 Å². The number of carbonyl (C=O) groups is 1. The summed E-state index contributed by atoms with van der Waals surface area (Å²) in [5.41, 5.74) is 5.80. The monoisotopic (exact) mass is 326 g/mol. The molecule has 2 aliphatic rings. The van der Waals surface area contributed by atoms with Gasteiger partial charge in [-0.1, -0.05) is 25.0 Å². The molecular weight excluding hydrogens is 304 g/mol. The molecule has 0 bridgehead atoms. The van der Waals surface area contributed by atoms with Gasteiger partial charge in [-0.2, -0.15) is 0 Å². The van der Waals surface area contributed by atoms with Gasteiger partial charge < -0.3 is 20.5 Å². The fourth-order valence-electron chi connectivity index (χ4n) is 3.10. The summed E-state index contributed by atoms with van der Waals surface area (Å²) >= 11 is 0. The molecule has 3 unspecified atom stereocenters. The molecule has 1 fully saturated rings. The van der Waals surface area contributed by atoms with E-state index in [4.69, 9.17) is 15.2 Å². The van der Waals surface area contributed by atoms with Crippen LogP contribution in [0, 0.1) is 5.92 Å². The van der Waals surface area contributed by atoms with Crippen LogP contribution in [-0.4, -0.2) is 31.2 Å². The van der Waals surface area contributed by atoms with Gasteiger partial charge in [-0.15, -0.1) is 12.4 Å². The molecule has 22 heavy (non-hydrogen) atoms. The number of nitrogens with one attached hydrogen (secondary N) is 1. The van der Waals surface area contributed by atoms with Crippen LogP contribution in [0.15, 0.2) is 24.3 Å². The third-order valence-corrected chi connectivity index (χ3v) is 4.34. The molecular formula is C16H23ClN2O3. The van der Waals surface area contributed by atoms with E-state index in [1.807, 2.05) is 24.3 Å². The zero-order valence-corrected chi connectivity index (χ0v) is 13.3. The molecule has 3 rings (SSSR count). The Balaban J connectivity index is 0.00000176. The average molecular weight is 327 g/mol. The molecule has 0 aromatic heterocycles. The lowest BCUT2D eigenvalue weighted by atomic mass is 9.84. The van der Waals surface area contributed by atoms with E-state index >= 15 is 0 Å². The summed E-state index contributed by atoms with van der Waals surface area (Å²) in [6.07, 6.45) is 3.85. The van der Waals surface area contributed by atoms with Gasteiger partial charge >= 0.3 is 0 Å². The highest BCUT2D eigenvalue weighted by Crippen LogP contribution is 2.31. The maximum atomic E-state index is 12.4. The standard InChI is InChI=1S/C16H22N2O3.ClH/c17-9-11-5-1-2-6-12(11)18-16(19)15-10-20-13-7-3-4-8-14(13)21-15;/h3-4,7-8,11-12,15H,1-2,5-6,9-10,17H2,(H,18,19);1H. The second-order valence-corrected chi connectivity index (χ2v) is 5.76. The van der Waals surface area contributed by atoms with Crippen LogP contribution in [-0.2, 0) is 4.79 Å². The highest BCUT2D eigenvalue weighted by Gasteiger charge is 2.31. The first kappa shape index (κ1) is 16.9. The minimum absolute atomic E-state index is 0. The second-order valence-electron chi connectivity index (χ2n) is 5.76. The number of fused-ring (bicyclic) bond motifs is 1. The zero-order chi connectivity index (χ0) is 14.7. The van der Waals surface area contributed by atoms with Crippen LogP contribution in [0.3, 0.4) is 0 Å². The van der Waals surface area contributed by atoms with E-state index in [0.717, 1.165) is 19.3 Å². The van der Waals surface area contributed by atoms with Crippen LogP contribution in [0.1, 0.15) is 25.7 Å². The molecule has 1 aromatic rings. The van der Waals surface area contributed by atoms with Crippen molar-refractivity contribution >= 4 is 18.3 Å². The van der Waals surface area contributed by atoms with Crippen molar-refractivity contribution in [3.05, 3.63) is 24.3 Å². The van der Waals surface area contributed by atoms with Crippen molar-refractivity contribution in [2.24, 2.45) is 11.7 Å². The van der Waals surface area contributed by atoms with Crippen LogP contribution < -0.4 is 20.5 Å². The fraction of sp³-hybridized carbons (Fsp3) is 0.562. The Morgan fingerprint density at radius 2 is 1.95 bits per heavy atom. The van der Waals surface area contributed by atoms with E-state index in [-0.39, 0.29) is 31.0 Å². The third-order valence-electron chi connectivity index (χ3n) is 4.34. The normalized spacial score (nSPS) is 26.7. The smallest absolute Gasteiger partial charge is 0.264 e. The summed E-state index contributed by atoms with van der Waals surface area (Å²) in [5, 5.41) is 3.10. The summed E-state index contributed by atoms with van der Waals surface area (Å²) in [5.74, 6) is 1.59. The molecule has 1 aromatic carbocycles. The molecule has 122 valence electrons. The van der Waals surface area contributed by atoms with Crippen LogP contribution in [0.2, 0.25) is 0 Å². The highest BCUT2D eigenvalue weighted by atomic mass is 35.5. The van der Waals surface area contributed by atoms with Crippen molar-refractivity contribution in [1.29, 1.82) is 0 Å². The van der Waals surface area contributed by atoms with Crippen LogP contribution in [0.4, 0.5) is 0 Å². The molecule has 5 nitrogen and oxygen atoms in total. The molecule has 1 amide bonds. The summed E-state index contributed by atoms with van der Waals surface area (Å²) in [6.45, 7) is 0.874. The Morgan fingerprint density at radius 3 is 2.73 bits per heavy atom. The van der Waals surface area contributed by atoms with Crippen LogP contribution in [0.25, 0.3) is 0 Å². The molecule has 0 spiro atoms. The summed E-state index contributed by atoms with van der Waals surface area (Å²) in [7, 11) is 0. The molecule has 1 heterocycles. The molecule has 1 aliphatic carbocycles. The average Bonchev–Trinajstić information content (AvgIpc) is 2.55. The molecule has 6 heteroatoms. The maximum absolute atomic E-state index is 12.4. The van der Waals surface area contributed by atoms with Crippen molar-refractivity contribution < 1.29 is 14.3 Å². The largest absolute Gasteiger partial charge is 0.485 e. The highest BCUT2D eigenvalue weighted by molar-refractivity contribution is 5.85. The Bertz CT molecular complexity index is 512. The van der Waals surface area contributed by atoms with E-state index in [2.05, 4.69) is 5.32 Å². The van der Waals surface area contributed by atoms with Gasteiger partial charge in [0, 0.05) is 6.04 Å². The molecule has 3 atom stereocenters.